The fourth-order valence-corrected chi connectivity index (χ4v) is 3.54. The maximum absolute atomic E-state index is 13.9. The lowest BCUT2D eigenvalue weighted by atomic mass is 9.78. The minimum Gasteiger partial charge on any atom is -0.481 e. The molecule has 6 heteroatoms. The number of halogens is 2. The van der Waals surface area contributed by atoms with Crippen LogP contribution >= 0.6 is 0 Å². The highest BCUT2D eigenvalue weighted by molar-refractivity contribution is 5.86. The highest BCUT2D eigenvalue weighted by Crippen LogP contribution is 2.48. The topological polar surface area (TPSA) is 66.4 Å². The number of rotatable bonds is 7. The van der Waals surface area contributed by atoms with Gasteiger partial charge in [0.25, 0.3) is 0 Å². The van der Waals surface area contributed by atoms with Crippen LogP contribution in [0.2, 0.25) is 0 Å². The maximum Gasteiger partial charge on any atom is 0.315 e. The molecule has 0 aromatic heterocycles. The third-order valence-electron chi connectivity index (χ3n) is 5.39. The van der Waals surface area contributed by atoms with Gasteiger partial charge in [-0.15, -0.1) is 0 Å². The number of benzene rings is 2. The molecule has 3 atom stereocenters. The number of carbonyl (C=O) groups excluding carboxylic acids is 1. The van der Waals surface area contributed by atoms with Gasteiger partial charge in [-0.1, -0.05) is 43.3 Å². The van der Waals surface area contributed by atoms with E-state index in [9.17, 15) is 23.5 Å². The lowest BCUT2D eigenvalue weighted by Gasteiger charge is -2.29. The quantitative estimate of drug-likeness (QED) is 0.779. The third kappa shape index (κ3) is 3.70. The second-order valence-corrected chi connectivity index (χ2v) is 6.94. The summed E-state index contributed by atoms with van der Waals surface area (Å²) >= 11 is 0. The van der Waals surface area contributed by atoms with Gasteiger partial charge in [0.2, 0.25) is 5.91 Å². The van der Waals surface area contributed by atoms with Crippen molar-refractivity contribution in [1.82, 2.24) is 5.32 Å². The zero-order valence-corrected chi connectivity index (χ0v) is 14.9. The molecule has 0 radical (unpaired) electrons. The van der Waals surface area contributed by atoms with Crippen molar-refractivity contribution in [3.63, 3.8) is 0 Å². The number of hydrogen-bond donors (Lipinski definition) is 2. The fraction of sp³-hybridized carbons (Fsp3) is 0.333. The highest BCUT2D eigenvalue weighted by Gasteiger charge is 2.46. The number of carboxylic acid groups (broad SMARTS) is 1. The SMILES string of the molecule is CCC(CNC(=O)C1CC1c1ccc(F)cc1F)(C(=O)O)c1ccccc1. The van der Waals surface area contributed by atoms with Gasteiger partial charge < -0.3 is 10.4 Å². The third-order valence-corrected chi connectivity index (χ3v) is 5.39. The van der Waals surface area contributed by atoms with Gasteiger partial charge in [0.1, 0.15) is 17.0 Å². The van der Waals surface area contributed by atoms with Gasteiger partial charge in [-0.25, -0.2) is 8.78 Å². The second-order valence-electron chi connectivity index (χ2n) is 6.94. The Kier molecular flexibility index (Phi) is 5.26. The first-order valence-corrected chi connectivity index (χ1v) is 8.90. The summed E-state index contributed by atoms with van der Waals surface area (Å²) in [5, 5.41) is 12.5. The molecule has 1 aliphatic carbocycles. The monoisotopic (exact) mass is 373 g/mol. The van der Waals surface area contributed by atoms with Crippen molar-refractivity contribution in [2.24, 2.45) is 5.92 Å². The molecular weight excluding hydrogens is 352 g/mol. The molecule has 0 spiro atoms. The lowest BCUT2D eigenvalue weighted by molar-refractivity contribution is -0.144. The van der Waals surface area contributed by atoms with Gasteiger partial charge in [-0.3, -0.25) is 9.59 Å². The number of nitrogens with one attached hydrogen (secondary N) is 1. The van der Waals surface area contributed by atoms with Crippen LogP contribution in [0.3, 0.4) is 0 Å². The van der Waals surface area contributed by atoms with E-state index in [4.69, 9.17) is 0 Å². The largest absolute Gasteiger partial charge is 0.481 e. The summed E-state index contributed by atoms with van der Waals surface area (Å²) in [7, 11) is 0. The molecule has 0 saturated heterocycles. The van der Waals surface area contributed by atoms with Gasteiger partial charge in [0, 0.05) is 18.5 Å². The van der Waals surface area contributed by atoms with Crippen LogP contribution in [0, 0.1) is 17.6 Å². The molecule has 2 N–H and O–H groups in total. The zero-order valence-electron chi connectivity index (χ0n) is 14.9. The Morgan fingerprint density at radius 2 is 1.89 bits per heavy atom. The molecule has 1 aliphatic rings. The summed E-state index contributed by atoms with van der Waals surface area (Å²) in [5.41, 5.74) is -0.278. The average molecular weight is 373 g/mol. The number of aliphatic carboxylic acids is 1. The number of carboxylic acids is 1. The standard InChI is InChI=1S/C21H21F2NO3/c1-2-21(20(26)27,13-6-4-3-5-7-13)12-24-19(25)17-11-16(17)15-9-8-14(22)10-18(15)23/h3-10,16-17H,2,11-12H2,1H3,(H,24,25)(H,26,27). The van der Waals surface area contributed by atoms with E-state index in [2.05, 4.69) is 5.32 Å². The molecule has 1 amide bonds. The van der Waals surface area contributed by atoms with Crippen LogP contribution < -0.4 is 5.32 Å². The summed E-state index contributed by atoms with van der Waals surface area (Å²) < 4.78 is 26.9. The van der Waals surface area contributed by atoms with E-state index < -0.39 is 28.9 Å². The van der Waals surface area contributed by atoms with Gasteiger partial charge in [-0.05, 0) is 36.0 Å². The van der Waals surface area contributed by atoms with Crippen LogP contribution in [-0.4, -0.2) is 23.5 Å². The van der Waals surface area contributed by atoms with Crippen molar-refractivity contribution in [2.75, 3.05) is 6.54 Å². The summed E-state index contributed by atoms with van der Waals surface area (Å²) in [5.74, 6) is -3.36. The molecule has 27 heavy (non-hydrogen) atoms. The molecule has 2 aromatic carbocycles. The average Bonchev–Trinajstić information content (AvgIpc) is 3.43. The Morgan fingerprint density at radius 1 is 1.19 bits per heavy atom. The summed E-state index contributed by atoms with van der Waals surface area (Å²) in [6.45, 7) is 1.72. The first kappa shape index (κ1) is 19.0. The van der Waals surface area contributed by atoms with E-state index in [0.717, 1.165) is 6.07 Å². The Bertz CT molecular complexity index is 856. The molecule has 1 fully saturated rings. The minimum absolute atomic E-state index is 0.0448. The van der Waals surface area contributed by atoms with Crippen LogP contribution in [0.15, 0.2) is 48.5 Å². The van der Waals surface area contributed by atoms with Crippen LogP contribution in [0.5, 0.6) is 0 Å². The molecule has 0 bridgehead atoms. The Morgan fingerprint density at radius 3 is 2.48 bits per heavy atom. The molecule has 142 valence electrons. The van der Waals surface area contributed by atoms with Crippen LogP contribution in [0.4, 0.5) is 8.78 Å². The zero-order chi connectivity index (χ0) is 19.6. The van der Waals surface area contributed by atoms with Gasteiger partial charge in [-0.2, -0.15) is 0 Å². The highest BCUT2D eigenvalue weighted by atomic mass is 19.1. The second kappa shape index (κ2) is 7.47. The predicted molar refractivity (Wildman–Crippen MR) is 96.3 cm³/mol. The molecule has 0 heterocycles. The van der Waals surface area contributed by atoms with E-state index in [-0.39, 0.29) is 18.4 Å². The van der Waals surface area contributed by atoms with Crippen molar-refractivity contribution in [3.05, 3.63) is 71.3 Å². The molecule has 3 unspecified atom stereocenters. The van der Waals surface area contributed by atoms with E-state index >= 15 is 0 Å². The van der Waals surface area contributed by atoms with Crippen molar-refractivity contribution in [2.45, 2.75) is 31.1 Å². The summed E-state index contributed by atoms with van der Waals surface area (Å²) in [6, 6.07) is 12.1. The van der Waals surface area contributed by atoms with Crippen LogP contribution in [0.25, 0.3) is 0 Å². The fourth-order valence-electron chi connectivity index (χ4n) is 3.54. The van der Waals surface area contributed by atoms with E-state index in [0.29, 0.717) is 24.0 Å². The van der Waals surface area contributed by atoms with Crippen molar-refractivity contribution in [3.8, 4) is 0 Å². The normalized spacial score (nSPS) is 20.6. The van der Waals surface area contributed by atoms with Crippen molar-refractivity contribution >= 4 is 11.9 Å². The number of hydrogen-bond acceptors (Lipinski definition) is 2. The van der Waals surface area contributed by atoms with Crippen molar-refractivity contribution < 1.29 is 23.5 Å². The van der Waals surface area contributed by atoms with Gasteiger partial charge in [0.05, 0.1) is 0 Å². The van der Waals surface area contributed by atoms with Gasteiger partial charge >= 0.3 is 5.97 Å². The Hall–Kier alpha value is -2.76. The van der Waals surface area contributed by atoms with E-state index in [1.165, 1.54) is 12.1 Å². The number of carbonyl (C=O) groups is 2. The molecule has 4 nitrogen and oxygen atoms in total. The van der Waals surface area contributed by atoms with Crippen molar-refractivity contribution in [1.29, 1.82) is 0 Å². The van der Waals surface area contributed by atoms with E-state index in [1.807, 2.05) is 0 Å². The molecule has 1 saturated carbocycles. The lowest BCUT2D eigenvalue weighted by Crippen LogP contribution is -2.46. The van der Waals surface area contributed by atoms with Crippen LogP contribution in [-0.2, 0) is 15.0 Å². The predicted octanol–water partition coefficient (Wildman–Crippen LogP) is 3.62. The Labute approximate surface area is 156 Å². The smallest absolute Gasteiger partial charge is 0.315 e. The van der Waals surface area contributed by atoms with Gasteiger partial charge in [0.15, 0.2) is 0 Å². The molecule has 2 aromatic rings. The Balaban J connectivity index is 1.70. The van der Waals surface area contributed by atoms with Crippen LogP contribution in [0.1, 0.15) is 36.8 Å². The van der Waals surface area contributed by atoms with E-state index in [1.54, 1.807) is 37.3 Å². The number of amides is 1. The summed E-state index contributed by atoms with van der Waals surface area (Å²) in [6.07, 6.45) is 0.777. The molecule has 0 aliphatic heterocycles. The maximum atomic E-state index is 13.9. The minimum atomic E-state index is -1.22. The summed E-state index contributed by atoms with van der Waals surface area (Å²) in [4.78, 5) is 24.5. The first-order valence-electron chi connectivity index (χ1n) is 8.90. The molecule has 3 rings (SSSR count). The first-order chi connectivity index (χ1) is 12.9. The molecular formula is C21H21F2NO3.